The van der Waals surface area contributed by atoms with Crippen molar-refractivity contribution in [2.45, 2.75) is 5.16 Å². The molecule has 112 valence electrons. The van der Waals surface area contributed by atoms with Crippen molar-refractivity contribution in [2.75, 3.05) is 27.1 Å². The lowest BCUT2D eigenvalue weighted by Gasteiger charge is -2.09. The minimum atomic E-state index is -0.349. The molecule has 2 rings (SSSR count). The molecule has 1 heterocycles. The Labute approximate surface area is 125 Å². The van der Waals surface area contributed by atoms with Gasteiger partial charge in [0.1, 0.15) is 11.5 Å². The van der Waals surface area contributed by atoms with E-state index < -0.39 is 0 Å². The minimum Gasteiger partial charge on any atom is -0.497 e. The molecule has 0 saturated carbocycles. The van der Waals surface area contributed by atoms with Gasteiger partial charge in [-0.05, 0) is 10.4 Å². The van der Waals surface area contributed by atoms with Crippen molar-refractivity contribution in [3.8, 4) is 17.2 Å². The standard InChI is InChI=1S/C12H14N4O4S/c1-18-9-4-8(5-10(6-9)19-2)16-12(13-14-15-16)21-7-11(17)20-3/h4-6H,7H2,1-3H3. The number of hydrogen-bond acceptors (Lipinski definition) is 8. The van der Waals surface area contributed by atoms with Crippen LogP contribution in [0.25, 0.3) is 5.69 Å². The highest BCUT2D eigenvalue weighted by Gasteiger charge is 2.13. The number of thioether (sulfide) groups is 1. The molecule has 0 radical (unpaired) electrons. The van der Waals surface area contributed by atoms with Crippen LogP contribution in [-0.2, 0) is 9.53 Å². The van der Waals surface area contributed by atoms with E-state index in [-0.39, 0.29) is 11.7 Å². The lowest BCUT2D eigenvalue weighted by atomic mass is 10.3. The molecule has 0 saturated heterocycles. The number of nitrogens with zero attached hydrogens (tertiary/aromatic N) is 4. The third-order valence-electron chi connectivity index (χ3n) is 2.57. The summed E-state index contributed by atoms with van der Waals surface area (Å²) in [6.45, 7) is 0. The van der Waals surface area contributed by atoms with Gasteiger partial charge >= 0.3 is 5.97 Å². The second kappa shape index (κ2) is 6.93. The topological polar surface area (TPSA) is 88.4 Å². The molecule has 21 heavy (non-hydrogen) atoms. The van der Waals surface area contributed by atoms with Crippen molar-refractivity contribution in [1.82, 2.24) is 20.2 Å². The van der Waals surface area contributed by atoms with Crippen molar-refractivity contribution >= 4 is 17.7 Å². The van der Waals surface area contributed by atoms with E-state index >= 15 is 0 Å². The zero-order valence-electron chi connectivity index (χ0n) is 11.8. The number of aromatic nitrogens is 4. The largest absolute Gasteiger partial charge is 0.497 e. The zero-order valence-corrected chi connectivity index (χ0v) is 12.6. The van der Waals surface area contributed by atoms with Gasteiger partial charge < -0.3 is 14.2 Å². The maximum absolute atomic E-state index is 11.2. The van der Waals surface area contributed by atoms with Crippen LogP contribution in [0.2, 0.25) is 0 Å². The molecule has 0 aliphatic heterocycles. The Bertz CT molecular complexity index is 609. The fourth-order valence-electron chi connectivity index (χ4n) is 1.53. The summed E-state index contributed by atoms with van der Waals surface area (Å²) in [5.74, 6) is 1.00. The van der Waals surface area contributed by atoms with E-state index in [1.807, 2.05) is 0 Å². The highest BCUT2D eigenvalue weighted by molar-refractivity contribution is 7.99. The first-order valence-corrected chi connectivity index (χ1v) is 6.88. The van der Waals surface area contributed by atoms with Gasteiger partial charge in [0.15, 0.2) is 0 Å². The van der Waals surface area contributed by atoms with Crippen LogP contribution in [-0.4, -0.2) is 53.3 Å². The second-order valence-corrected chi connectivity index (χ2v) is 4.75. The van der Waals surface area contributed by atoms with Crippen molar-refractivity contribution < 1.29 is 19.0 Å². The monoisotopic (exact) mass is 310 g/mol. The number of rotatable bonds is 6. The SMILES string of the molecule is COC(=O)CSc1nnnn1-c1cc(OC)cc(OC)c1. The molecule has 9 heteroatoms. The number of tetrazole rings is 1. The summed E-state index contributed by atoms with van der Waals surface area (Å²) in [5.41, 5.74) is 0.670. The fourth-order valence-corrected chi connectivity index (χ4v) is 2.25. The molecular weight excluding hydrogens is 296 g/mol. The van der Waals surface area contributed by atoms with Gasteiger partial charge in [0, 0.05) is 18.2 Å². The zero-order chi connectivity index (χ0) is 15.2. The van der Waals surface area contributed by atoms with Crippen molar-refractivity contribution in [2.24, 2.45) is 0 Å². The van der Waals surface area contributed by atoms with Crippen LogP contribution in [0.1, 0.15) is 0 Å². The van der Waals surface area contributed by atoms with Gasteiger partial charge in [-0.25, -0.2) is 0 Å². The number of benzene rings is 1. The first kappa shape index (κ1) is 15.1. The van der Waals surface area contributed by atoms with Crippen LogP contribution in [0, 0.1) is 0 Å². The summed E-state index contributed by atoms with van der Waals surface area (Å²) < 4.78 is 16.5. The molecule has 1 aromatic heterocycles. The number of methoxy groups -OCH3 is 3. The summed E-state index contributed by atoms with van der Waals surface area (Å²) in [6.07, 6.45) is 0. The van der Waals surface area contributed by atoms with Gasteiger partial charge in [-0.15, -0.1) is 5.10 Å². The predicted octanol–water partition coefficient (Wildman–Crippen LogP) is 0.945. The Balaban J connectivity index is 2.30. The summed E-state index contributed by atoms with van der Waals surface area (Å²) >= 11 is 1.18. The van der Waals surface area contributed by atoms with E-state index in [1.54, 1.807) is 32.4 Å². The van der Waals surface area contributed by atoms with E-state index in [0.29, 0.717) is 22.3 Å². The highest BCUT2D eigenvalue weighted by atomic mass is 32.2. The van der Waals surface area contributed by atoms with Gasteiger partial charge in [0.2, 0.25) is 5.16 Å². The normalized spacial score (nSPS) is 10.2. The maximum Gasteiger partial charge on any atom is 0.316 e. The Morgan fingerprint density at radius 1 is 1.19 bits per heavy atom. The lowest BCUT2D eigenvalue weighted by Crippen LogP contribution is -2.06. The first-order valence-electron chi connectivity index (χ1n) is 5.89. The smallest absolute Gasteiger partial charge is 0.316 e. The Kier molecular flexibility index (Phi) is 4.99. The van der Waals surface area contributed by atoms with Gasteiger partial charge in [-0.1, -0.05) is 11.8 Å². The first-order chi connectivity index (χ1) is 10.2. The van der Waals surface area contributed by atoms with E-state index in [2.05, 4.69) is 20.3 Å². The molecule has 0 aliphatic carbocycles. The fraction of sp³-hybridized carbons (Fsp3) is 0.333. The maximum atomic E-state index is 11.2. The Morgan fingerprint density at radius 3 is 2.43 bits per heavy atom. The molecule has 0 atom stereocenters. The van der Waals surface area contributed by atoms with Crippen molar-refractivity contribution in [1.29, 1.82) is 0 Å². The Hall–Kier alpha value is -2.29. The van der Waals surface area contributed by atoms with E-state index in [0.717, 1.165) is 0 Å². The van der Waals surface area contributed by atoms with Crippen LogP contribution >= 0.6 is 11.8 Å². The molecule has 0 spiro atoms. The lowest BCUT2D eigenvalue weighted by molar-refractivity contribution is -0.137. The number of hydrogen-bond donors (Lipinski definition) is 0. The number of esters is 1. The molecule has 0 fully saturated rings. The molecule has 8 nitrogen and oxygen atoms in total. The summed E-state index contributed by atoms with van der Waals surface area (Å²) in [6, 6.07) is 5.28. The average molecular weight is 310 g/mol. The third-order valence-corrected chi connectivity index (χ3v) is 3.46. The number of ether oxygens (including phenoxy) is 3. The van der Waals surface area contributed by atoms with Crippen LogP contribution < -0.4 is 9.47 Å². The molecule has 0 unspecified atom stereocenters. The van der Waals surface area contributed by atoms with Gasteiger partial charge in [-0.2, -0.15) is 4.68 Å². The third kappa shape index (κ3) is 3.63. The van der Waals surface area contributed by atoms with Crippen LogP contribution in [0.4, 0.5) is 0 Å². The quantitative estimate of drug-likeness (QED) is 0.575. The number of carbonyl (C=O) groups is 1. The molecule has 0 aliphatic rings. The average Bonchev–Trinajstić information content (AvgIpc) is 3.00. The highest BCUT2D eigenvalue weighted by Crippen LogP contribution is 2.26. The Morgan fingerprint density at radius 2 is 1.86 bits per heavy atom. The van der Waals surface area contributed by atoms with E-state index in [1.165, 1.54) is 23.6 Å². The molecule has 1 aromatic carbocycles. The predicted molar refractivity (Wildman–Crippen MR) is 75.0 cm³/mol. The summed E-state index contributed by atoms with van der Waals surface area (Å²) in [7, 11) is 4.45. The summed E-state index contributed by atoms with van der Waals surface area (Å²) in [4.78, 5) is 11.2. The molecule has 0 bridgehead atoms. The van der Waals surface area contributed by atoms with Gasteiger partial charge in [0.25, 0.3) is 0 Å². The molecule has 0 N–H and O–H groups in total. The molecule has 0 amide bonds. The van der Waals surface area contributed by atoms with Crippen molar-refractivity contribution in [3.63, 3.8) is 0 Å². The number of carbonyl (C=O) groups excluding carboxylic acids is 1. The van der Waals surface area contributed by atoms with Gasteiger partial charge in [-0.3, -0.25) is 4.79 Å². The summed E-state index contributed by atoms with van der Waals surface area (Å²) in [5, 5.41) is 11.9. The van der Waals surface area contributed by atoms with Crippen LogP contribution in [0.3, 0.4) is 0 Å². The molecular formula is C12H14N4O4S. The molecule has 2 aromatic rings. The van der Waals surface area contributed by atoms with E-state index in [4.69, 9.17) is 9.47 Å². The van der Waals surface area contributed by atoms with Gasteiger partial charge in [0.05, 0.1) is 32.8 Å². The van der Waals surface area contributed by atoms with Crippen LogP contribution in [0.15, 0.2) is 23.4 Å². The van der Waals surface area contributed by atoms with E-state index in [9.17, 15) is 4.79 Å². The minimum absolute atomic E-state index is 0.123. The second-order valence-electron chi connectivity index (χ2n) is 3.81. The van der Waals surface area contributed by atoms with Crippen molar-refractivity contribution in [3.05, 3.63) is 18.2 Å². The van der Waals surface area contributed by atoms with Crippen LogP contribution in [0.5, 0.6) is 11.5 Å².